The minimum absolute atomic E-state index is 0.105. The summed E-state index contributed by atoms with van der Waals surface area (Å²) in [6.07, 6.45) is 58.3. The van der Waals surface area contributed by atoms with Gasteiger partial charge < -0.3 is 33.8 Å². The summed E-state index contributed by atoms with van der Waals surface area (Å²) >= 11 is 0. The van der Waals surface area contributed by atoms with Crippen molar-refractivity contribution in [3.63, 3.8) is 0 Å². The summed E-state index contributed by atoms with van der Waals surface area (Å²) in [4.78, 5) is 73.0. The number of hydrogen-bond donors (Lipinski definition) is 3. The molecule has 0 aliphatic rings. The second-order valence-corrected chi connectivity index (χ2v) is 32.9. The van der Waals surface area contributed by atoms with Gasteiger partial charge in [0, 0.05) is 25.7 Å². The van der Waals surface area contributed by atoms with Crippen LogP contribution in [-0.2, 0) is 65.4 Å². The molecule has 0 amide bonds. The molecule has 0 rings (SSSR count). The van der Waals surface area contributed by atoms with Gasteiger partial charge in [0.2, 0.25) is 0 Å². The highest BCUT2D eigenvalue weighted by atomic mass is 31.2. The lowest BCUT2D eigenvalue weighted by molar-refractivity contribution is -0.161. The molecule has 17 nitrogen and oxygen atoms in total. The molecule has 0 aromatic heterocycles. The fraction of sp³-hybridized carbons (Fsp3) is 0.950. The topological polar surface area (TPSA) is 237 Å². The van der Waals surface area contributed by atoms with Crippen molar-refractivity contribution in [3.05, 3.63) is 0 Å². The normalized spacial score (nSPS) is 14.3. The molecule has 0 radical (unpaired) electrons. The lowest BCUT2D eigenvalue weighted by atomic mass is 10.00. The molecule has 0 aromatic rings. The molecule has 0 aliphatic carbocycles. The van der Waals surface area contributed by atoms with Gasteiger partial charge in [0.1, 0.15) is 19.3 Å². The highest BCUT2D eigenvalue weighted by Gasteiger charge is 2.30. The fourth-order valence-electron chi connectivity index (χ4n) is 12.3. The zero-order valence-electron chi connectivity index (χ0n) is 65.0. The first kappa shape index (κ1) is 97.1. The van der Waals surface area contributed by atoms with Gasteiger partial charge in [-0.3, -0.25) is 37.3 Å². The van der Waals surface area contributed by atoms with E-state index in [9.17, 15) is 43.2 Å². The largest absolute Gasteiger partial charge is 0.472 e. The summed E-state index contributed by atoms with van der Waals surface area (Å²) in [6, 6.07) is 0. The molecular weight excluding hydrogens is 1290 g/mol. The predicted octanol–water partition coefficient (Wildman–Crippen LogP) is 23.7. The van der Waals surface area contributed by atoms with Crippen LogP contribution in [0, 0.1) is 17.8 Å². The van der Waals surface area contributed by atoms with Crippen LogP contribution in [0.1, 0.15) is 414 Å². The molecular formula is C80H156O17P2. The third-order valence-electron chi connectivity index (χ3n) is 19.0. The van der Waals surface area contributed by atoms with E-state index in [1.807, 2.05) is 0 Å². The van der Waals surface area contributed by atoms with E-state index in [0.717, 1.165) is 114 Å². The number of rotatable bonds is 78. The van der Waals surface area contributed by atoms with E-state index < -0.39 is 97.5 Å². The van der Waals surface area contributed by atoms with Gasteiger partial charge in [0.05, 0.1) is 26.4 Å². The molecule has 0 spiro atoms. The van der Waals surface area contributed by atoms with Gasteiger partial charge in [-0.2, -0.15) is 0 Å². The van der Waals surface area contributed by atoms with Gasteiger partial charge in [0.15, 0.2) is 12.2 Å². The quantitative estimate of drug-likeness (QED) is 0.0222. The minimum Gasteiger partial charge on any atom is -0.462 e. The molecule has 3 unspecified atom stereocenters. The molecule has 3 N–H and O–H groups in total. The van der Waals surface area contributed by atoms with Gasteiger partial charge in [-0.05, 0) is 43.4 Å². The van der Waals surface area contributed by atoms with Crippen molar-refractivity contribution < 1.29 is 80.2 Å². The summed E-state index contributed by atoms with van der Waals surface area (Å²) in [5, 5.41) is 10.6. The molecule has 19 heteroatoms. The molecule has 0 heterocycles. The van der Waals surface area contributed by atoms with Gasteiger partial charge in [-0.25, -0.2) is 9.13 Å². The van der Waals surface area contributed by atoms with Crippen LogP contribution in [0.5, 0.6) is 0 Å². The van der Waals surface area contributed by atoms with Crippen LogP contribution in [0.2, 0.25) is 0 Å². The van der Waals surface area contributed by atoms with E-state index >= 15 is 0 Å². The minimum atomic E-state index is -4.96. The zero-order chi connectivity index (χ0) is 73.0. The molecule has 0 saturated carbocycles. The Kier molecular flexibility index (Phi) is 69.0. The number of aliphatic hydroxyl groups is 1. The van der Waals surface area contributed by atoms with E-state index in [1.165, 1.54) is 218 Å². The number of unbranched alkanes of at least 4 members (excludes halogenated alkanes) is 45. The predicted molar refractivity (Wildman–Crippen MR) is 405 cm³/mol. The zero-order valence-corrected chi connectivity index (χ0v) is 66.8. The monoisotopic (exact) mass is 1450 g/mol. The average molecular weight is 1450 g/mol. The van der Waals surface area contributed by atoms with Crippen molar-refractivity contribution in [3.8, 4) is 0 Å². The lowest BCUT2D eigenvalue weighted by Gasteiger charge is -2.21. The fourth-order valence-corrected chi connectivity index (χ4v) is 13.9. The third-order valence-corrected chi connectivity index (χ3v) is 20.9. The van der Waals surface area contributed by atoms with Crippen LogP contribution in [0.4, 0.5) is 0 Å². The highest BCUT2D eigenvalue weighted by molar-refractivity contribution is 7.47. The summed E-state index contributed by atoms with van der Waals surface area (Å²) < 4.78 is 68.7. The van der Waals surface area contributed by atoms with Crippen molar-refractivity contribution in [1.29, 1.82) is 0 Å². The number of ether oxygens (including phenoxy) is 4. The highest BCUT2D eigenvalue weighted by Crippen LogP contribution is 2.45. The molecule has 0 aliphatic heterocycles. The van der Waals surface area contributed by atoms with Crippen LogP contribution < -0.4 is 0 Å². The Balaban J connectivity index is 5.24. The van der Waals surface area contributed by atoms with Crippen molar-refractivity contribution in [2.24, 2.45) is 17.8 Å². The molecule has 99 heavy (non-hydrogen) atoms. The molecule has 0 aromatic carbocycles. The number of phosphoric acid groups is 2. The third kappa shape index (κ3) is 72.8. The molecule has 588 valence electrons. The van der Waals surface area contributed by atoms with Crippen molar-refractivity contribution in [1.82, 2.24) is 0 Å². The van der Waals surface area contributed by atoms with E-state index in [-0.39, 0.29) is 25.7 Å². The maximum atomic E-state index is 13.1. The lowest BCUT2D eigenvalue weighted by Crippen LogP contribution is -2.30. The van der Waals surface area contributed by atoms with E-state index in [2.05, 4.69) is 48.5 Å². The Morgan fingerprint density at radius 2 is 0.515 bits per heavy atom. The summed E-state index contributed by atoms with van der Waals surface area (Å²) in [5.41, 5.74) is 0. The maximum absolute atomic E-state index is 13.1. The van der Waals surface area contributed by atoms with E-state index in [0.29, 0.717) is 25.7 Å². The van der Waals surface area contributed by atoms with E-state index in [4.69, 9.17) is 37.0 Å². The Bertz CT molecular complexity index is 1920. The number of hydrogen-bond acceptors (Lipinski definition) is 15. The number of aliphatic hydroxyl groups excluding tert-OH is 1. The Morgan fingerprint density at radius 3 is 0.768 bits per heavy atom. The maximum Gasteiger partial charge on any atom is 0.472 e. The first-order chi connectivity index (χ1) is 47.8. The number of carbonyl (C=O) groups is 4. The van der Waals surface area contributed by atoms with Crippen LogP contribution in [-0.4, -0.2) is 96.7 Å². The number of phosphoric ester groups is 2. The number of esters is 4. The second-order valence-electron chi connectivity index (χ2n) is 30.0. The van der Waals surface area contributed by atoms with Gasteiger partial charge >= 0.3 is 39.5 Å². The molecule has 0 bridgehead atoms. The smallest absolute Gasteiger partial charge is 0.462 e. The number of carbonyl (C=O) groups excluding carboxylic acids is 4. The van der Waals surface area contributed by atoms with Gasteiger partial charge in [-0.15, -0.1) is 0 Å². The van der Waals surface area contributed by atoms with Crippen molar-refractivity contribution >= 4 is 39.5 Å². The summed E-state index contributed by atoms with van der Waals surface area (Å²) in [5.74, 6) is 0.168. The summed E-state index contributed by atoms with van der Waals surface area (Å²) in [6.45, 7) is 11.9. The molecule has 6 atom stereocenters. The Hall–Kier alpha value is -1.94. The molecule has 0 saturated heterocycles. The van der Waals surface area contributed by atoms with Crippen molar-refractivity contribution in [2.45, 2.75) is 433 Å². The SMILES string of the molecule is CCCCCCCCCCCCCCCCCCCCCC(=O)O[C@H](COC(=O)CCCCCCCCCCCCCCCCC(C)C)COP(=O)(O)OC[C@@H](O)COP(=O)(O)OC[C@@H](COC(=O)CCCCCCCCC(C)CC)OC(=O)CCCCCCCCCCCCC(C)C. The second kappa shape index (κ2) is 70.4. The van der Waals surface area contributed by atoms with Crippen LogP contribution in [0.15, 0.2) is 0 Å². The van der Waals surface area contributed by atoms with Gasteiger partial charge in [-0.1, -0.05) is 363 Å². The van der Waals surface area contributed by atoms with Gasteiger partial charge in [0.25, 0.3) is 0 Å². The van der Waals surface area contributed by atoms with Crippen molar-refractivity contribution in [2.75, 3.05) is 39.6 Å². The first-order valence-corrected chi connectivity index (χ1v) is 44.4. The summed E-state index contributed by atoms with van der Waals surface area (Å²) in [7, 11) is -9.92. The van der Waals surface area contributed by atoms with E-state index in [1.54, 1.807) is 0 Å². The average Bonchev–Trinajstić information content (AvgIpc) is 1.19. The first-order valence-electron chi connectivity index (χ1n) is 41.4. The standard InChI is InChI=1S/C80H156O17P2/c1-8-10-11-12-13-14-15-16-17-18-19-20-21-26-29-35-40-49-56-63-79(84)96-75(67-90-77(82)61-54-47-39-34-28-25-23-22-24-27-32-37-44-51-58-71(3)4)69-94-98(86,87)92-65-74(81)66-93-99(88,89)95-70-76(68-91-78(83)62-55-48-43-42-46-53-60-73(7)9-2)97-80(85)64-57-50-41-36-31-30-33-38-45-52-59-72(5)6/h71-76,81H,8-70H2,1-7H3,(H,86,87)(H,88,89)/t73?,74-,75-,76-/m1/s1. The molecule has 0 fully saturated rings. The van der Waals surface area contributed by atoms with Crippen LogP contribution in [0.25, 0.3) is 0 Å². The Labute approximate surface area is 607 Å². The van der Waals surface area contributed by atoms with Crippen LogP contribution in [0.3, 0.4) is 0 Å². The van der Waals surface area contributed by atoms with Crippen LogP contribution >= 0.6 is 15.6 Å². The Morgan fingerprint density at radius 1 is 0.293 bits per heavy atom.